The SMILES string of the molecule is COc1ccc(/C=C2/Sc3ccccc3N(CC(=O)N3CCCCCC3)C2=O)cc1Br. The van der Waals surface area contributed by atoms with Crippen LogP contribution in [0.4, 0.5) is 5.69 Å². The Labute approximate surface area is 195 Å². The maximum absolute atomic E-state index is 13.4. The van der Waals surface area contributed by atoms with Crippen LogP contribution in [-0.4, -0.2) is 43.5 Å². The van der Waals surface area contributed by atoms with Crippen molar-refractivity contribution >= 4 is 51.3 Å². The summed E-state index contributed by atoms with van der Waals surface area (Å²) in [5.74, 6) is 0.613. The van der Waals surface area contributed by atoms with Crippen LogP contribution < -0.4 is 9.64 Å². The van der Waals surface area contributed by atoms with Crippen LogP contribution in [0.3, 0.4) is 0 Å². The number of ether oxygens (including phenoxy) is 1. The van der Waals surface area contributed by atoms with Gasteiger partial charge in [0.15, 0.2) is 0 Å². The minimum atomic E-state index is -0.140. The van der Waals surface area contributed by atoms with Crippen molar-refractivity contribution in [3.63, 3.8) is 0 Å². The van der Waals surface area contributed by atoms with Crippen molar-refractivity contribution in [1.82, 2.24) is 4.90 Å². The molecule has 2 amide bonds. The summed E-state index contributed by atoms with van der Waals surface area (Å²) in [5, 5.41) is 0. The first-order valence-corrected chi connectivity index (χ1v) is 12.1. The number of hydrogen-bond donors (Lipinski definition) is 0. The minimum Gasteiger partial charge on any atom is -0.496 e. The van der Waals surface area contributed by atoms with E-state index < -0.39 is 0 Å². The molecule has 0 spiro atoms. The molecule has 1 fully saturated rings. The average molecular weight is 501 g/mol. The number of hydrogen-bond acceptors (Lipinski definition) is 4. The second-order valence-corrected chi connectivity index (χ2v) is 9.60. The topological polar surface area (TPSA) is 49.9 Å². The number of amides is 2. The van der Waals surface area contributed by atoms with Crippen LogP contribution in [-0.2, 0) is 9.59 Å². The Kier molecular flexibility index (Phi) is 7.02. The quantitative estimate of drug-likeness (QED) is 0.531. The van der Waals surface area contributed by atoms with E-state index in [9.17, 15) is 9.59 Å². The van der Waals surface area contributed by atoms with Crippen molar-refractivity contribution in [2.45, 2.75) is 30.6 Å². The highest BCUT2D eigenvalue weighted by atomic mass is 79.9. The van der Waals surface area contributed by atoms with E-state index in [0.717, 1.165) is 65.1 Å². The van der Waals surface area contributed by atoms with Crippen molar-refractivity contribution in [2.75, 3.05) is 31.6 Å². The number of halogens is 1. The molecular formula is C24H25BrN2O3S. The number of para-hydroxylation sites is 1. The van der Waals surface area contributed by atoms with Gasteiger partial charge in [-0.05, 0) is 64.7 Å². The second kappa shape index (κ2) is 9.92. The summed E-state index contributed by atoms with van der Waals surface area (Å²) in [6, 6.07) is 13.5. The predicted octanol–water partition coefficient (Wildman–Crippen LogP) is 5.34. The molecule has 2 aromatic rings. The second-order valence-electron chi connectivity index (χ2n) is 7.66. The molecule has 2 heterocycles. The molecule has 0 saturated carbocycles. The Morgan fingerprint density at radius 3 is 2.58 bits per heavy atom. The molecule has 1 saturated heterocycles. The molecule has 0 unspecified atom stereocenters. The highest BCUT2D eigenvalue weighted by Crippen LogP contribution is 2.42. The van der Waals surface area contributed by atoms with Gasteiger partial charge in [-0.15, -0.1) is 0 Å². The highest BCUT2D eigenvalue weighted by molar-refractivity contribution is 9.10. The fourth-order valence-corrected chi connectivity index (χ4v) is 5.52. The van der Waals surface area contributed by atoms with Gasteiger partial charge in [-0.3, -0.25) is 14.5 Å². The third kappa shape index (κ3) is 4.99. The molecule has 0 bridgehead atoms. The van der Waals surface area contributed by atoms with E-state index >= 15 is 0 Å². The summed E-state index contributed by atoms with van der Waals surface area (Å²) in [6.45, 7) is 1.62. The predicted molar refractivity (Wildman–Crippen MR) is 128 cm³/mol. The number of nitrogens with zero attached hydrogens (tertiary/aromatic N) is 2. The van der Waals surface area contributed by atoms with Crippen LogP contribution in [0.25, 0.3) is 6.08 Å². The van der Waals surface area contributed by atoms with Crippen molar-refractivity contribution in [3.05, 3.63) is 57.4 Å². The lowest BCUT2D eigenvalue weighted by atomic mass is 10.2. The average Bonchev–Trinajstić information content (AvgIpc) is 3.06. The van der Waals surface area contributed by atoms with Crippen molar-refractivity contribution in [2.24, 2.45) is 0 Å². The van der Waals surface area contributed by atoms with E-state index in [4.69, 9.17) is 4.74 Å². The van der Waals surface area contributed by atoms with Gasteiger partial charge in [0.05, 0.1) is 22.2 Å². The van der Waals surface area contributed by atoms with Crippen molar-refractivity contribution in [1.29, 1.82) is 0 Å². The number of likely N-dealkylation sites (tertiary alicyclic amines) is 1. The first-order chi connectivity index (χ1) is 15.1. The van der Waals surface area contributed by atoms with E-state index in [2.05, 4.69) is 15.9 Å². The molecule has 4 rings (SSSR count). The minimum absolute atomic E-state index is 0.0171. The van der Waals surface area contributed by atoms with E-state index in [-0.39, 0.29) is 18.4 Å². The standard InChI is InChI=1S/C24H25BrN2O3S/c1-30-20-11-10-17(14-18(20)25)15-22-24(29)27(19-8-4-5-9-21(19)31-22)16-23(28)26-12-6-2-3-7-13-26/h4-5,8-11,14-15H,2-3,6-7,12-13,16H2,1H3/b22-15+. The third-order valence-corrected chi connectivity index (χ3v) is 7.25. The number of carbonyl (C=O) groups excluding carboxylic acids is 2. The fraction of sp³-hybridized carbons (Fsp3) is 0.333. The summed E-state index contributed by atoms with van der Waals surface area (Å²) in [5.41, 5.74) is 1.69. The molecule has 2 aliphatic rings. The Bertz CT molecular complexity index is 1020. The number of methoxy groups -OCH3 is 1. The molecule has 0 aromatic heterocycles. The molecule has 0 radical (unpaired) electrons. The number of thioether (sulfide) groups is 1. The van der Waals surface area contributed by atoms with E-state index in [1.165, 1.54) is 11.8 Å². The smallest absolute Gasteiger partial charge is 0.265 e. The summed E-state index contributed by atoms with van der Waals surface area (Å²) in [6.07, 6.45) is 6.26. The largest absolute Gasteiger partial charge is 0.496 e. The van der Waals surface area contributed by atoms with E-state index in [0.29, 0.717) is 4.91 Å². The first kappa shape index (κ1) is 22.0. The third-order valence-electron chi connectivity index (χ3n) is 5.56. The molecule has 0 atom stereocenters. The number of benzene rings is 2. The summed E-state index contributed by atoms with van der Waals surface area (Å²) in [4.78, 5) is 31.6. The van der Waals surface area contributed by atoms with E-state index in [1.54, 1.807) is 12.0 Å². The van der Waals surface area contributed by atoms with Gasteiger partial charge in [0, 0.05) is 18.0 Å². The Morgan fingerprint density at radius 2 is 1.87 bits per heavy atom. The molecule has 162 valence electrons. The molecule has 0 N–H and O–H groups in total. The molecular weight excluding hydrogens is 476 g/mol. The highest BCUT2D eigenvalue weighted by Gasteiger charge is 2.31. The lowest BCUT2D eigenvalue weighted by molar-refractivity contribution is -0.130. The van der Waals surface area contributed by atoms with Gasteiger partial charge in [-0.25, -0.2) is 0 Å². The normalized spacial score (nSPS) is 18.0. The van der Waals surface area contributed by atoms with Gasteiger partial charge < -0.3 is 9.64 Å². The first-order valence-electron chi connectivity index (χ1n) is 10.5. The van der Waals surface area contributed by atoms with E-state index in [1.807, 2.05) is 53.4 Å². The molecule has 5 nitrogen and oxygen atoms in total. The lowest BCUT2D eigenvalue weighted by Crippen LogP contribution is -2.44. The van der Waals surface area contributed by atoms with Gasteiger partial charge in [-0.2, -0.15) is 0 Å². The van der Waals surface area contributed by atoms with Gasteiger partial charge in [-0.1, -0.05) is 42.8 Å². The lowest BCUT2D eigenvalue weighted by Gasteiger charge is -2.31. The maximum Gasteiger partial charge on any atom is 0.265 e. The van der Waals surface area contributed by atoms with Crippen LogP contribution in [0.5, 0.6) is 5.75 Å². The number of anilines is 1. The van der Waals surface area contributed by atoms with Crippen LogP contribution in [0.15, 0.2) is 56.7 Å². The van der Waals surface area contributed by atoms with Crippen LogP contribution in [0.1, 0.15) is 31.2 Å². The molecule has 31 heavy (non-hydrogen) atoms. The number of carbonyl (C=O) groups is 2. The monoisotopic (exact) mass is 500 g/mol. The fourth-order valence-electron chi connectivity index (χ4n) is 3.90. The van der Waals surface area contributed by atoms with Gasteiger partial charge in [0.25, 0.3) is 5.91 Å². The zero-order valence-electron chi connectivity index (χ0n) is 17.5. The Hall–Kier alpha value is -2.25. The molecule has 2 aromatic carbocycles. The van der Waals surface area contributed by atoms with Crippen molar-refractivity contribution in [3.8, 4) is 5.75 Å². The van der Waals surface area contributed by atoms with Gasteiger partial charge in [0.2, 0.25) is 5.91 Å². The zero-order chi connectivity index (χ0) is 21.8. The Balaban J connectivity index is 1.62. The summed E-state index contributed by atoms with van der Waals surface area (Å²) in [7, 11) is 1.62. The number of fused-ring (bicyclic) bond motifs is 1. The Morgan fingerprint density at radius 1 is 1.13 bits per heavy atom. The summed E-state index contributed by atoms with van der Waals surface area (Å²) >= 11 is 4.95. The summed E-state index contributed by atoms with van der Waals surface area (Å²) < 4.78 is 6.12. The van der Waals surface area contributed by atoms with Crippen molar-refractivity contribution < 1.29 is 14.3 Å². The molecule has 2 aliphatic heterocycles. The molecule has 7 heteroatoms. The van der Waals surface area contributed by atoms with Crippen LogP contribution in [0.2, 0.25) is 0 Å². The number of rotatable bonds is 4. The van der Waals surface area contributed by atoms with Gasteiger partial charge in [0.1, 0.15) is 12.3 Å². The van der Waals surface area contributed by atoms with Crippen LogP contribution >= 0.6 is 27.7 Å². The zero-order valence-corrected chi connectivity index (χ0v) is 19.9. The van der Waals surface area contributed by atoms with Gasteiger partial charge >= 0.3 is 0 Å². The molecule has 0 aliphatic carbocycles. The van der Waals surface area contributed by atoms with Crippen LogP contribution in [0, 0.1) is 0 Å². The maximum atomic E-state index is 13.4.